The molecular formula is C22H22Cl2N4O2. The molecule has 2 aliphatic rings. The number of carbonyl (C=O) groups excluding carboxylic acids is 1. The van der Waals surface area contributed by atoms with Crippen molar-refractivity contribution in [1.29, 1.82) is 0 Å². The summed E-state index contributed by atoms with van der Waals surface area (Å²) in [6, 6.07) is 5.66. The zero-order valence-electron chi connectivity index (χ0n) is 16.3. The topological polar surface area (TPSA) is 95.2 Å². The lowest BCUT2D eigenvalue weighted by molar-refractivity contribution is -0.133. The van der Waals surface area contributed by atoms with Crippen molar-refractivity contribution in [2.45, 2.75) is 25.7 Å². The van der Waals surface area contributed by atoms with Crippen LogP contribution < -0.4 is 5.73 Å². The zero-order valence-corrected chi connectivity index (χ0v) is 17.9. The largest absolute Gasteiger partial charge is 0.387 e. The molecule has 1 aromatic carbocycles. The molecule has 8 heteroatoms. The molecule has 0 bridgehead atoms. The van der Waals surface area contributed by atoms with Crippen LogP contribution in [0.2, 0.25) is 10.0 Å². The van der Waals surface area contributed by atoms with Crippen LogP contribution in [0.5, 0.6) is 0 Å². The van der Waals surface area contributed by atoms with Gasteiger partial charge in [0.2, 0.25) is 5.91 Å². The predicted octanol–water partition coefficient (Wildman–Crippen LogP) is 3.82. The molecule has 3 heterocycles. The van der Waals surface area contributed by atoms with Crippen molar-refractivity contribution in [3.05, 3.63) is 45.7 Å². The van der Waals surface area contributed by atoms with Crippen molar-refractivity contribution < 1.29 is 9.90 Å². The van der Waals surface area contributed by atoms with Crippen LogP contribution >= 0.6 is 23.2 Å². The number of nitrogens with one attached hydrogen (secondary N) is 1. The third-order valence-corrected chi connectivity index (χ3v) is 7.42. The normalized spacial score (nSPS) is 20.8. The minimum absolute atomic E-state index is 0.0214. The molecule has 1 spiro atoms. The number of aromatic nitrogens is 2. The molecule has 1 fully saturated rings. The molecule has 0 saturated carbocycles. The number of aromatic amines is 1. The summed E-state index contributed by atoms with van der Waals surface area (Å²) >= 11 is 13.1. The summed E-state index contributed by atoms with van der Waals surface area (Å²) in [5.41, 5.74) is 11.1. The lowest BCUT2D eigenvalue weighted by atomic mass is 9.72. The van der Waals surface area contributed by atoms with Gasteiger partial charge in [-0.15, -0.1) is 0 Å². The number of anilines is 1. The second-order valence-corrected chi connectivity index (χ2v) is 9.21. The summed E-state index contributed by atoms with van der Waals surface area (Å²) in [6.45, 7) is 0.935. The number of likely N-dealkylation sites (tertiary alicyclic amines) is 1. The van der Waals surface area contributed by atoms with Crippen molar-refractivity contribution in [1.82, 2.24) is 14.9 Å². The molecule has 6 nitrogen and oxygen atoms in total. The van der Waals surface area contributed by atoms with Crippen LogP contribution in [0.25, 0.3) is 22.0 Å². The number of nitrogens with two attached hydrogens (primary N) is 1. The molecule has 1 aliphatic heterocycles. The summed E-state index contributed by atoms with van der Waals surface area (Å²) in [6.07, 6.45) is 5.35. The van der Waals surface area contributed by atoms with E-state index in [-0.39, 0.29) is 11.3 Å². The number of nitrogen functional groups attached to an aromatic ring is 1. The van der Waals surface area contributed by atoms with Crippen molar-refractivity contribution >= 4 is 45.8 Å². The van der Waals surface area contributed by atoms with Crippen LogP contribution in [-0.2, 0) is 17.6 Å². The van der Waals surface area contributed by atoms with Crippen LogP contribution in [0.15, 0.2) is 24.4 Å². The summed E-state index contributed by atoms with van der Waals surface area (Å²) in [4.78, 5) is 21.4. The number of fused-ring (bicyclic) bond motifs is 3. The Hall–Kier alpha value is -2.28. The molecule has 1 amide bonds. The maximum atomic E-state index is 12.0. The lowest BCUT2D eigenvalue weighted by Crippen LogP contribution is -2.36. The second kappa shape index (κ2) is 7.15. The Bertz CT molecular complexity index is 1180. The summed E-state index contributed by atoms with van der Waals surface area (Å²) in [5, 5.41) is 11.3. The minimum atomic E-state index is -0.434. The third kappa shape index (κ3) is 3.06. The number of pyridine rings is 1. The molecule has 3 aromatic rings. The van der Waals surface area contributed by atoms with Crippen molar-refractivity contribution in [2.24, 2.45) is 5.41 Å². The molecule has 30 heavy (non-hydrogen) atoms. The van der Waals surface area contributed by atoms with E-state index in [0.29, 0.717) is 29.0 Å². The smallest absolute Gasteiger partial charge is 0.248 e. The second-order valence-electron chi connectivity index (χ2n) is 8.42. The summed E-state index contributed by atoms with van der Waals surface area (Å²) < 4.78 is 0. The number of benzene rings is 1. The molecular weight excluding hydrogens is 423 g/mol. The van der Waals surface area contributed by atoms with E-state index in [1.807, 2.05) is 18.2 Å². The Labute approximate surface area is 184 Å². The van der Waals surface area contributed by atoms with Gasteiger partial charge in [-0.2, -0.15) is 0 Å². The molecule has 1 saturated heterocycles. The number of nitrogens with zero attached hydrogens (tertiary/aromatic N) is 2. The quantitative estimate of drug-likeness (QED) is 0.559. The van der Waals surface area contributed by atoms with E-state index < -0.39 is 6.61 Å². The van der Waals surface area contributed by atoms with E-state index in [4.69, 9.17) is 28.9 Å². The Morgan fingerprint density at radius 3 is 2.93 bits per heavy atom. The first-order chi connectivity index (χ1) is 14.4. The van der Waals surface area contributed by atoms with Crippen LogP contribution in [0, 0.1) is 5.41 Å². The van der Waals surface area contributed by atoms with Gasteiger partial charge in [0.25, 0.3) is 0 Å². The van der Waals surface area contributed by atoms with E-state index in [1.54, 1.807) is 11.1 Å². The van der Waals surface area contributed by atoms with Gasteiger partial charge in [0, 0.05) is 30.4 Å². The Morgan fingerprint density at radius 2 is 2.17 bits per heavy atom. The molecule has 1 aliphatic carbocycles. The average molecular weight is 445 g/mol. The van der Waals surface area contributed by atoms with Crippen molar-refractivity contribution in [3.8, 4) is 11.1 Å². The van der Waals surface area contributed by atoms with Gasteiger partial charge in [-0.05, 0) is 66.0 Å². The number of aliphatic hydroxyl groups is 1. The molecule has 156 valence electrons. The predicted molar refractivity (Wildman–Crippen MR) is 119 cm³/mol. The molecule has 0 radical (unpaired) electrons. The lowest BCUT2D eigenvalue weighted by Gasteiger charge is -2.33. The number of aryl methyl sites for hydroxylation is 1. The van der Waals surface area contributed by atoms with Gasteiger partial charge in [-0.1, -0.05) is 23.2 Å². The van der Waals surface area contributed by atoms with E-state index >= 15 is 0 Å². The van der Waals surface area contributed by atoms with E-state index in [0.717, 1.165) is 47.7 Å². The van der Waals surface area contributed by atoms with Crippen molar-refractivity contribution in [2.75, 3.05) is 25.4 Å². The maximum Gasteiger partial charge on any atom is 0.248 e. The first kappa shape index (κ1) is 19.7. The number of carbonyl (C=O) groups is 1. The van der Waals surface area contributed by atoms with Crippen LogP contribution in [-0.4, -0.2) is 45.6 Å². The molecule has 4 N–H and O–H groups in total. The Kier molecular flexibility index (Phi) is 4.69. The molecule has 1 unspecified atom stereocenters. The fourth-order valence-electron chi connectivity index (χ4n) is 5.14. The monoisotopic (exact) mass is 444 g/mol. The number of H-pyrrole nitrogens is 1. The molecule has 1 atom stereocenters. The maximum absolute atomic E-state index is 12.0. The first-order valence-corrected chi connectivity index (χ1v) is 10.8. The summed E-state index contributed by atoms with van der Waals surface area (Å²) in [7, 11) is 0. The number of rotatable bonds is 2. The minimum Gasteiger partial charge on any atom is -0.387 e. The number of hydrogen-bond donors (Lipinski definition) is 3. The average Bonchev–Trinajstić information content (AvgIpc) is 3.32. The van der Waals surface area contributed by atoms with Crippen LogP contribution in [0.1, 0.15) is 24.1 Å². The van der Waals surface area contributed by atoms with Gasteiger partial charge >= 0.3 is 0 Å². The van der Waals surface area contributed by atoms with Gasteiger partial charge in [-0.25, -0.2) is 4.98 Å². The Balaban J connectivity index is 1.65. The zero-order chi connectivity index (χ0) is 21.0. The fourth-order valence-corrected chi connectivity index (χ4v) is 5.54. The highest BCUT2D eigenvalue weighted by molar-refractivity contribution is 6.45. The molecule has 2 aromatic heterocycles. The number of halogens is 2. The van der Waals surface area contributed by atoms with Gasteiger partial charge in [0.05, 0.1) is 15.6 Å². The highest BCUT2D eigenvalue weighted by Gasteiger charge is 2.43. The number of aliphatic hydroxyl groups excluding tert-OH is 1. The summed E-state index contributed by atoms with van der Waals surface area (Å²) in [5.74, 6) is 0.251. The van der Waals surface area contributed by atoms with Gasteiger partial charge in [-0.3, -0.25) is 4.79 Å². The standard InChI is InChI=1S/C22H22Cl2N4O2/c23-15-8-13(12-2-5-26-17(25)7-12)19-14-9-22(4-6-28(11-22)18(30)10-29)3-1-16(14)27-21(19)20(15)24/h2,5,7-8,27,29H,1,3-4,6,9-11H2,(H2,25,26). The van der Waals surface area contributed by atoms with Gasteiger partial charge in [0.1, 0.15) is 12.4 Å². The SMILES string of the molecule is Nc1cc(-c2cc(Cl)c(Cl)c3[nH]c4c(c23)CC2(CC4)CCN(C(=O)CO)C2)ccn1. The van der Waals surface area contributed by atoms with E-state index in [1.165, 1.54) is 11.3 Å². The number of hydrogen-bond acceptors (Lipinski definition) is 4. The van der Waals surface area contributed by atoms with E-state index in [2.05, 4.69) is 9.97 Å². The van der Waals surface area contributed by atoms with Crippen LogP contribution in [0.4, 0.5) is 5.82 Å². The molecule has 5 rings (SSSR count). The van der Waals surface area contributed by atoms with Gasteiger partial charge in [0.15, 0.2) is 0 Å². The van der Waals surface area contributed by atoms with E-state index in [9.17, 15) is 9.90 Å². The van der Waals surface area contributed by atoms with Crippen molar-refractivity contribution in [3.63, 3.8) is 0 Å². The Morgan fingerprint density at radius 1 is 1.33 bits per heavy atom. The highest BCUT2D eigenvalue weighted by Crippen LogP contribution is 2.48. The number of amides is 1. The first-order valence-electron chi connectivity index (χ1n) is 10.0. The van der Waals surface area contributed by atoms with Crippen LogP contribution in [0.3, 0.4) is 0 Å². The fraction of sp³-hybridized carbons (Fsp3) is 0.364. The third-order valence-electron chi connectivity index (χ3n) is 6.64. The highest BCUT2D eigenvalue weighted by atomic mass is 35.5. The van der Waals surface area contributed by atoms with Gasteiger partial charge < -0.3 is 20.7 Å².